The second kappa shape index (κ2) is 20.1. The van der Waals surface area contributed by atoms with E-state index in [1.807, 2.05) is 38.1 Å². The second-order valence-corrected chi connectivity index (χ2v) is 17.8. The summed E-state index contributed by atoms with van der Waals surface area (Å²) in [5.74, 6) is 0.728. The number of anilines is 4. The monoisotopic (exact) mass is 865 g/mol. The van der Waals surface area contributed by atoms with Gasteiger partial charge in [0.1, 0.15) is 11.4 Å². The number of hydrogen-bond acceptors (Lipinski definition) is 15. The number of nitrogen functional groups attached to an aromatic ring is 2. The molecule has 4 aliphatic rings. The second-order valence-electron chi connectivity index (χ2n) is 17.4. The molecule has 7 heterocycles. The van der Waals surface area contributed by atoms with Crippen LogP contribution in [0, 0.1) is 13.8 Å². The molecule has 4 N–H and O–H groups in total. The van der Waals surface area contributed by atoms with Gasteiger partial charge in [0.05, 0.1) is 22.8 Å². The molecular weight excluding hydrogens is 802 g/mol. The number of aromatic nitrogens is 6. The Labute approximate surface area is 371 Å². The summed E-state index contributed by atoms with van der Waals surface area (Å²) in [4.78, 5) is 22.5. The van der Waals surface area contributed by atoms with Crippen LogP contribution in [0.15, 0.2) is 57.4 Å². The first kappa shape index (κ1) is 43.8. The molecule has 3 aliphatic heterocycles. The summed E-state index contributed by atoms with van der Waals surface area (Å²) < 4.78 is 10.6. The molecule has 1 aliphatic carbocycles. The third-order valence-electron chi connectivity index (χ3n) is 13.5. The largest absolute Gasteiger partial charge is 0.402 e. The van der Waals surface area contributed by atoms with Gasteiger partial charge >= 0.3 is 12.0 Å². The first-order valence-corrected chi connectivity index (χ1v) is 23.2. The standard InChI is InChI=1S/C26H34ClN7O.C20H30N6O/c1-3-21-17-33(24-9-8-23(29-18(24)2)25-30-31-26(28)35-25)14-15-34(21)22-10-12-32(13-11-22)16-19-4-6-20(27)7-5-19;1-3-15-13-25(11-12-26(15)16-7-5-4-6-8-16)18-10-9-17(22-14(18)2)19-23-24-20(21)27-19/h4-9,21-22H,3,10-17H2,1-2H3,(H2,28,31);9-10,15-16H,3-8,11-13H2,1-2H3,(H2,21,24)/t21-;15-/m00/s1. The Bertz CT molecular complexity index is 2200. The summed E-state index contributed by atoms with van der Waals surface area (Å²) in [6, 6.07) is 19.1. The Balaban J connectivity index is 0.000000176. The number of hydrogen-bond donors (Lipinski definition) is 2. The minimum absolute atomic E-state index is 0.0567. The van der Waals surface area contributed by atoms with E-state index in [4.69, 9.17) is 36.9 Å². The highest BCUT2D eigenvalue weighted by Gasteiger charge is 2.35. The Morgan fingerprint density at radius 3 is 1.52 bits per heavy atom. The number of likely N-dealkylation sites (tertiary alicyclic amines) is 1. The average molecular weight is 867 g/mol. The Hall–Kier alpha value is -4.83. The van der Waals surface area contributed by atoms with E-state index in [0.29, 0.717) is 41.3 Å². The number of nitrogens with zero attached hydrogens (tertiary/aromatic N) is 11. The fraction of sp³-hybridized carbons (Fsp3) is 0.565. The zero-order valence-electron chi connectivity index (χ0n) is 36.9. The Morgan fingerprint density at radius 2 is 1.08 bits per heavy atom. The van der Waals surface area contributed by atoms with Gasteiger partial charge in [0, 0.05) is 75.0 Å². The van der Waals surface area contributed by atoms with Crippen LogP contribution in [0.25, 0.3) is 23.2 Å². The van der Waals surface area contributed by atoms with Crippen molar-refractivity contribution in [3.63, 3.8) is 0 Å². The zero-order chi connectivity index (χ0) is 43.2. The first-order chi connectivity index (χ1) is 30.1. The van der Waals surface area contributed by atoms with Crippen molar-refractivity contribution in [2.24, 2.45) is 0 Å². The maximum Gasteiger partial charge on any atom is 0.313 e. The van der Waals surface area contributed by atoms with Crippen LogP contribution in [-0.2, 0) is 6.54 Å². The summed E-state index contributed by atoms with van der Waals surface area (Å²) in [5.41, 5.74) is 18.1. The van der Waals surface area contributed by atoms with Gasteiger partial charge in [-0.15, -0.1) is 10.2 Å². The summed E-state index contributed by atoms with van der Waals surface area (Å²) in [6.45, 7) is 18.4. The highest BCUT2D eigenvalue weighted by molar-refractivity contribution is 6.30. The fourth-order valence-electron chi connectivity index (χ4n) is 10.2. The number of piperidine rings is 1. The smallest absolute Gasteiger partial charge is 0.313 e. The van der Waals surface area contributed by atoms with Crippen molar-refractivity contribution in [1.29, 1.82) is 0 Å². The lowest BCUT2D eigenvalue weighted by Crippen LogP contribution is -2.58. The molecule has 0 radical (unpaired) electrons. The molecule has 5 aromatic rings. The highest BCUT2D eigenvalue weighted by atomic mass is 35.5. The van der Waals surface area contributed by atoms with Gasteiger partial charge in [-0.1, -0.05) is 67.0 Å². The number of aryl methyl sites for hydroxylation is 2. The van der Waals surface area contributed by atoms with E-state index in [2.05, 4.69) is 88.0 Å². The maximum atomic E-state index is 6.04. The lowest BCUT2D eigenvalue weighted by atomic mass is 9.92. The molecule has 4 aromatic heterocycles. The summed E-state index contributed by atoms with van der Waals surface area (Å²) >= 11 is 6.04. The average Bonchev–Trinajstić information content (AvgIpc) is 3.95. The van der Waals surface area contributed by atoms with Gasteiger partial charge in [0.15, 0.2) is 0 Å². The third-order valence-corrected chi connectivity index (χ3v) is 13.8. The zero-order valence-corrected chi connectivity index (χ0v) is 37.7. The highest BCUT2D eigenvalue weighted by Crippen LogP contribution is 2.32. The van der Waals surface area contributed by atoms with Gasteiger partial charge in [-0.3, -0.25) is 14.7 Å². The number of benzene rings is 1. The molecule has 15 nitrogen and oxygen atoms in total. The van der Waals surface area contributed by atoms with Crippen molar-refractivity contribution in [3.05, 3.63) is 70.5 Å². The SMILES string of the molecule is CC[C@H]1CN(c2ccc(-c3nnc(N)o3)nc2C)CCN1C1CCCCC1.CC[C@H]1CN(c2ccc(-c3nnc(N)o3)nc2C)CCN1C1CCN(Cc2ccc(Cl)cc2)CC1. The van der Waals surface area contributed by atoms with Crippen molar-refractivity contribution in [1.82, 2.24) is 45.1 Å². The van der Waals surface area contributed by atoms with Crippen LogP contribution in [0.2, 0.25) is 5.02 Å². The molecule has 4 fully saturated rings. The van der Waals surface area contributed by atoms with E-state index >= 15 is 0 Å². The quantitative estimate of drug-likeness (QED) is 0.141. The lowest BCUT2D eigenvalue weighted by molar-refractivity contribution is 0.0612. The summed E-state index contributed by atoms with van der Waals surface area (Å²) in [6.07, 6.45) is 11.7. The van der Waals surface area contributed by atoms with Crippen LogP contribution in [0.4, 0.5) is 23.4 Å². The van der Waals surface area contributed by atoms with Crippen molar-refractivity contribution in [3.8, 4) is 23.2 Å². The number of nitrogens with two attached hydrogens (primary N) is 2. The molecule has 62 heavy (non-hydrogen) atoms. The molecule has 0 unspecified atom stereocenters. The molecule has 1 aromatic carbocycles. The number of rotatable bonds is 10. The van der Waals surface area contributed by atoms with E-state index < -0.39 is 0 Å². The normalized spacial score (nSPS) is 21.2. The van der Waals surface area contributed by atoms with E-state index in [-0.39, 0.29) is 12.0 Å². The van der Waals surface area contributed by atoms with Crippen molar-refractivity contribution in [2.75, 3.05) is 73.6 Å². The Morgan fingerprint density at radius 1 is 0.597 bits per heavy atom. The number of piperazine rings is 2. The van der Waals surface area contributed by atoms with Crippen LogP contribution in [0.1, 0.15) is 88.6 Å². The molecule has 0 amide bonds. The number of halogens is 1. The first-order valence-electron chi connectivity index (χ1n) is 22.8. The van der Waals surface area contributed by atoms with Crippen molar-refractivity contribution in [2.45, 2.75) is 116 Å². The van der Waals surface area contributed by atoms with Crippen LogP contribution < -0.4 is 21.3 Å². The molecule has 16 heteroatoms. The number of pyridine rings is 2. The van der Waals surface area contributed by atoms with Gasteiger partial charge in [0.2, 0.25) is 0 Å². The fourth-order valence-corrected chi connectivity index (χ4v) is 10.4. The maximum absolute atomic E-state index is 6.04. The van der Waals surface area contributed by atoms with Crippen LogP contribution in [0.3, 0.4) is 0 Å². The van der Waals surface area contributed by atoms with Gasteiger partial charge in [-0.2, -0.15) is 0 Å². The van der Waals surface area contributed by atoms with Crippen molar-refractivity contribution >= 4 is 35.0 Å². The molecule has 9 rings (SSSR count). The lowest BCUT2D eigenvalue weighted by Gasteiger charge is -2.48. The topological polar surface area (TPSA) is 172 Å². The molecule has 1 saturated carbocycles. The molecular formula is C46H64ClN13O2. The van der Waals surface area contributed by atoms with Crippen LogP contribution in [0.5, 0.6) is 0 Å². The summed E-state index contributed by atoms with van der Waals surface area (Å²) in [5, 5.41) is 16.1. The predicted molar refractivity (Wildman–Crippen MR) is 246 cm³/mol. The molecule has 332 valence electrons. The van der Waals surface area contributed by atoms with E-state index in [1.165, 1.54) is 68.3 Å². The minimum Gasteiger partial charge on any atom is -0.402 e. The molecule has 0 bridgehead atoms. The third kappa shape index (κ3) is 10.3. The van der Waals surface area contributed by atoms with Gasteiger partial charge in [-0.05, 0) is 107 Å². The van der Waals surface area contributed by atoms with E-state index in [9.17, 15) is 0 Å². The molecule has 2 atom stereocenters. The van der Waals surface area contributed by atoms with Gasteiger partial charge < -0.3 is 30.1 Å². The summed E-state index contributed by atoms with van der Waals surface area (Å²) in [7, 11) is 0. The van der Waals surface area contributed by atoms with E-state index in [1.54, 1.807) is 0 Å². The van der Waals surface area contributed by atoms with Gasteiger partial charge in [0.25, 0.3) is 11.8 Å². The van der Waals surface area contributed by atoms with Crippen molar-refractivity contribution < 1.29 is 8.83 Å². The van der Waals surface area contributed by atoms with Gasteiger partial charge in [-0.25, -0.2) is 9.97 Å². The van der Waals surface area contributed by atoms with Crippen LogP contribution >= 0.6 is 11.6 Å². The van der Waals surface area contributed by atoms with Crippen LogP contribution in [-0.4, -0.2) is 122 Å². The Kier molecular flexibility index (Phi) is 14.2. The molecule has 0 spiro atoms. The molecule has 3 saturated heterocycles. The van der Waals surface area contributed by atoms with E-state index in [0.717, 1.165) is 87.8 Å². The predicted octanol–water partition coefficient (Wildman–Crippen LogP) is 7.50. The minimum atomic E-state index is 0.0567.